The summed E-state index contributed by atoms with van der Waals surface area (Å²) in [7, 11) is 1.65. The fourth-order valence-electron chi connectivity index (χ4n) is 3.02. The Kier molecular flexibility index (Phi) is 6.63. The molecular weight excluding hydrogens is 430 g/mol. The minimum Gasteiger partial charge on any atom is -0.497 e. The largest absolute Gasteiger partial charge is 0.497 e. The third-order valence-corrected chi connectivity index (χ3v) is 6.24. The van der Waals surface area contributed by atoms with E-state index in [0.717, 1.165) is 32.7 Å². The van der Waals surface area contributed by atoms with Crippen LogP contribution < -0.4 is 10.1 Å². The van der Waals surface area contributed by atoms with E-state index >= 15 is 0 Å². The van der Waals surface area contributed by atoms with Crippen molar-refractivity contribution in [3.8, 4) is 17.0 Å². The summed E-state index contributed by atoms with van der Waals surface area (Å²) < 4.78 is 7.40. The molecule has 0 fully saturated rings. The van der Waals surface area contributed by atoms with Gasteiger partial charge in [0, 0.05) is 5.56 Å². The van der Waals surface area contributed by atoms with Crippen LogP contribution in [0.25, 0.3) is 11.3 Å². The molecule has 4 aromatic rings. The fraction of sp³-hybridized carbons (Fsp3) is 0.182. The van der Waals surface area contributed by atoms with E-state index in [0.29, 0.717) is 11.7 Å². The Morgan fingerprint density at radius 3 is 2.58 bits per heavy atom. The lowest BCUT2D eigenvalue weighted by Crippen LogP contribution is -2.14. The number of nitrogens with zero attached hydrogens (tertiary/aromatic N) is 4. The summed E-state index contributed by atoms with van der Waals surface area (Å²) in [5, 5.41) is 12.7. The maximum absolute atomic E-state index is 12.4. The maximum Gasteiger partial charge on any atom is 0.236 e. The van der Waals surface area contributed by atoms with Crippen molar-refractivity contribution in [1.82, 2.24) is 19.7 Å². The van der Waals surface area contributed by atoms with Crippen LogP contribution in [0.4, 0.5) is 5.13 Å². The molecule has 0 aliphatic rings. The lowest BCUT2D eigenvalue weighted by atomic mass is 10.1. The molecule has 1 N–H and O–H groups in total. The Morgan fingerprint density at radius 2 is 1.90 bits per heavy atom. The molecule has 0 radical (unpaired) electrons. The van der Waals surface area contributed by atoms with E-state index in [-0.39, 0.29) is 11.7 Å². The number of hydrogen-bond acceptors (Lipinski definition) is 7. The molecule has 31 heavy (non-hydrogen) atoms. The summed E-state index contributed by atoms with van der Waals surface area (Å²) >= 11 is 2.75. The molecule has 0 aliphatic carbocycles. The number of methoxy groups -OCH3 is 1. The van der Waals surface area contributed by atoms with Gasteiger partial charge in [-0.1, -0.05) is 53.4 Å². The zero-order valence-corrected chi connectivity index (χ0v) is 18.7. The van der Waals surface area contributed by atoms with Crippen molar-refractivity contribution in [2.75, 3.05) is 18.2 Å². The van der Waals surface area contributed by atoms with Gasteiger partial charge in [-0.25, -0.2) is 4.98 Å². The highest BCUT2D eigenvalue weighted by Crippen LogP contribution is 2.28. The molecule has 0 aliphatic heterocycles. The van der Waals surface area contributed by atoms with E-state index in [1.54, 1.807) is 7.11 Å². The zero-order chi connectivity index (χ0) is 21.6. The van der Waals surface area contributed by atoms with E-state index in [4.69, 9.17) is 4.74 Å². The quantitative estimate of drug-likeness (QED) is 0.397. The molecule has 0 saturated carbocycles. The van der Waals surface area contributed by atoms with E-state index in [9.17, 15) is 4.79 Å². The minimum atomic E-state index is -0.138. The van der Waals surface area contributed by atoms with Gasteiger partial charge in [0.15, 0.2) is 5.16 Å². The summed E-state index contributed by atoms with van der Waals surface area (Å²) in [6.45, 7) is 2.50. The first kappa shape index (κ1) is 21.1. The molecular formula is C22H21N5O2S2. The number of imidazole rings is 1. The van der Waals surface area contributed by atoms with Crippen LogP contribution in [0.2, 0.25) is 0 Å². The highest BCUT2D eigenvalue weighted by atomic mass is 32.2. The number of thioether (sulfide) groups is 1. The molecule has 0 spiro atoms. The maximum atomic E-state index is 12.4. The predicted octanol–water partition coefficient (Wildman–Crippen LogP) is 4.50. The van der Waals surface area contributed by atoms with Gasteiger partial charge in [0.2, 0.25) is 11.0 Å². The van der Waals surface area contributed by atoms with Gasteiger partial charge in [-0.05, 0) is 36.8 Å². The van der Waals surface area contributed by atoms with E-state index < -0.39 is 0 Å². The third kappa shape index (κ3) is 5.31. The second-order valence-corrected chi connectivity index (χ2v) is 8.81. The second-order valence-electron chi connectivity index (χ2n) is 6.69. The molecule has 0 saturated heterocycles. The van der Waals surface area contributed by atoms with Crippen molar-refractivity contribution in [1.29, 1.82) is 0 Å². The summed E-state index contributed by atoms with van der Waals surface area (Å²) in [6.07, 6.45) is 1.85. The summed E-state index contributed by atoms with van der Waals surface area (Å²) in [4.78, 5) is 17.0. The zero-order valence-electron chi connectivity index (χ0n) is 17.1. The van der Waals surface area contributed by atoms with Crippen molar-refractivity contribution in [3.05, 3.63) is 71.4 Å². The number of amides is 1. The average molecular weight is 452 g/mol. The number of anilines is 1. The van der Waals surface area contributed by atoms with Gasteiger partial charge in [0.25, 0.3) is 0 Å². The first-order chi connectivity index (χ1) is 15.1. The van der Waals surface area contributed by atoms with Gasteiger partial charge in [-0.2, -0.15) is 0 Å². The van der Waals surface area contributed by atoms with Crippen molar-refractivity contribution in [2.45, 2.75) is 18.6 Å². The van der Waals surface area contributed by atoms with Crippen LogP contribution in [0.15, 0.2) is 66.0 Å². The highest BCUT2D eigenvalue weighted by Gasteiger charge is 2.15. The number of hydrogen-bond donors (Lipinski definition) is 1. The van der Waals surface area contributed by atoms with Crippen LogP contribution in [0.5, 0.6) is 5.75 Å². The molecule has 7 nitrogen and oxygen atoms in total. The van der Waals surface area contributed by atoms with Crippen molar-refractivity contribution in [3.63, 3.8) is 0 Å². The van der Waals surface area contributed by atoms with Gasteiger partial charge >= 0.3 is 0 Å². The Bertz CT molecular complexity index is 1160. The smallest absolute Gasteiger partial charge is 0.236 e. The van der Waals surface area contributed by atoms with Crippen LogP contribution in [-0.4, -0.2) is 38.5 Å². The van der Waals surface area contributed by atoms with Crippen molar-refractivity contribution >= 4 is 34.1 Å². The molecule has 1 amide bonds. The molecule has 158 valence electrons. The normalized spacial score (nSPS) is 10.8. The number of rotatable bonds is 8. The lowest BCUT2D eigenvalue weighted by Gasteiger charge is -2.12. The van der Waals surface area contributed by atoms with E-state index in [2.05, 4.69) is 37.2 Å². The second kappa shape index (κ2) is 9.76. The highest BCUT2D eigenvalue weighted by molar-refractivity contribution is 7.99. The first-order valence-electron chi connectivity index (χ1n) is 9.59. The summed E-state index contributed by atoms with van der Waals surface area (Å²) in [6, 6.07) is 18.1. The van der Waals surface area contributed by atoms with Gasteiger partial charge < -0.3 is 9.30 Å². The van der Waals surface area contributed by atoms with Gasteiger partial charge in [-0.15, -0.1) is 10.2 Å². The van der Waals surface area contributed by atoms with Crippen LogP contribution >= 0.6 is 23.1 Å². The average Bonchev–Trinajstić information content (AvgIpc) is 3.38. The van der Waals surface area contributed by atoms with E-state index in [1.807, 2.05) is 55.6 Å². The molecule has 0 bridgehead atoms. The molecule has 0 unspecified atom stereocenters. The Balaban J connectivity index is 1.55. The van der Waals surface area contributed by atoms with Gasteiger partial charge in [0.05, 0.1) is 31.3 Å². The summed E-state index contributed by atoms with van der Waals surface area (Å²) in [5.41, 5.74) is 3.17. The van der Waals surface area contributed by atoms with Crippen LogP contribution in [0.1, 0.15) is 10.6 Å². The molecule has 4 rings (SSSR count). The number of aryl methyl sites for hydroxylation is 1. The van der Waals surface area contributed by atoms with E-state index in [1.165, 1.54) is 23.1 Å². The SMILES string of the molecule is COc1ccc(-c2cnc(SCC(=O)Nc3nnc(C)s3)n2Cc2ccccc2)cc1. The van der Waals surface area contributed by atoms with Crippen LogP contribution in [0.3, 0.4) is 0 Å². The van der Waals surface area contributed by atoms with Gasteiger partial charge in [-0.3, -0.25) is 10.1 Å². The molecule has 0 atom stereocenters. The number of carbonyl (C=O) groups is 1. The van der Waals surface area contributed by atoms with Crippen molar-refractivity contribution < 1.29 is 9.53 Å². The van der Waals surface area contributed by atoms with Gasteiger partial charge in [0.1, 0.15) is 10.8 Å². The lowest BCUT2D eigenvalue weighted by molar-refractivity contribution is -0.113. The molecule has 2 aromatic carbocycles. The monoisotopic (exact) mass is 451 g/mol. The standard InChI is InChI=1S/C22H21N5O2S2/c1-15-25-26-21(31-15)24-20(28)14-30-22-23-12-19(17-8-10-18(29-2)11-9-17)27(22)13-16-6-4-3-5-7-16/h3-12H,13-14H2,1-2H3,(H,24,26,28). The Morgan fingerprint density at radius 1 is 1.13 bits per heavy atom. The van der Waals surface area contributed by atoms with Crippen molar-refractivity contribution in [2.24, 2.45) is 0 Å². The molecule has 2 heterocycles. The molecule has 2 aromatic heterocycles. The number of aromatic nitrogens is 4. The minimum absolute atomic E-state index is 0.138. The number of ether oxygens (including phenoxy) is 1. The first-order valence-corrected chi connectivity index (χ1v) is 11.4. The number of nitrogens with one attached hydrogen (secondary N) is 1. The predicted molar refractivity (Wildman–Crippen MR) is 124 cm³/mol. The number of benzene rings is 2. The fourth-order valence-corrected chi connectivity index (χ4v) is 4.40. The Labute approximate surface area is 188 Å². The van der Waals surface area contributed by atoms with Crippen LogP contribution in [0, 0.1) is 6.92 Å². The Hall–Kier alpha value is -3.17. The third-order valence-electron chi connectivity index (χ3n) is 4.49. The molecule has 9 heteroatoms. The van der Waals surface area contributed by atoms with Crippen LogP contribution in [-0.2, 0) is 11.3 Å². The number of carbonyl (C=O) groups excluding carboxylic acids is 1. The topological polar surface area (TPSA) is 81.9 Å². The summed E-state index contributed by atoms with van der Waals surface area (Å²) in [5.74, 6) is 0.893.